The van der Waals surface area contributed by atoms with Crippen molar-refractivity contribution >= 4 is 11.6 Å². The summed E-state index contributed by atoms with van der Waals surface area (Å²) in [6.07, 6.45) is -1.10. The van der Waals surface area contributed by atoms with Crippen LogP contribution in [-0.2, 0) is 0 Å². The number of hydrogen-bond donors (Lipinski definition) is 1. The summed E-state index contributed by atoms with van der Waals surface area (Å²) < 4.78 is 18.9. The third kappa shape index (κ3) is 2.72. The first-order chi connectivity index (χ1) is 9.04. The van der Waals surface area contributed by atoms with E-state index in [-0.39, 0.29) is 10.6 Å². The Bertz CT molecular complexity index is 578. The monoisotopic (exact) mass is 280 g/mol. The number of ether oxygens (including phenoxy) is 1. The van der Waals surface area contributed by atoms with Crippen LogP contribution in [-0.4, -0.2) is 12.2 Å². The van der Waals surface area contributed by atoms with E-state index in [1.54, 1.807) is 31.4 Å². The molecular weight excluding hydrogens is 267 g/mol. The van der Waals surface area contributed by atoms with Gasteiger partial charge in [-0.25, -0.2) is 4.39 Å². The number of rotatable bonds is 3. The molecule has 4 heteroatoms. The fourth-order valence-electron chi connectivity index (χ4n) is 2.01. The minimum absolute atomic E-state index is 0.0948. The van der Waals surface area contributed by atoms with Gasteiger partial charge >= 0.3 is 0 Å². The molecule has 0 spiro atoms. The van der Waals surface area contributed by atoms with E-state index in [4.69, 9.17) is 16.3 Å². The molecule has 0 fully saturated rings. The molecule has 2 rings (SSSR count). The highest BCUT2D eigenvalue weighted by Gasteiger charge is 2.20. The molecule has 2 aromatic rings. The maximum Gasteiger partial charge on any atom is 0.130 e. The van der Waals surface area contributed by atoms with Crippen LogP contribution in [0.5, 0.6) is 5.75 Å². The van der Waals surface area contributed by atoms with Gasteiger partial charge in [0, 0.05) is 10.6 Å². The molecule has 19 heavy (non-hydrogen) atoms. The Balaban J connectivity index is 2.47. The van der Waals surface area contributed by atoms with Gasteiger partial charge in [-0.15, -0.1) is 0 Å². The van der Waals surface area contributed by atoms with Crippen molar-refractivity contribution in [2.75, 3.05) is 7.11 Å². The number of halogens is 2. The van der Waals surface area contributed by atoms with Gasteiger partial charge in [-0.2, -0.15) is 0 Å². The van der Waals surface area contributed by atoms with Gasteiger partial charge in [-0.1, -0.05) is 23.7 Å². The molecule has 0 saturated carbocycles. The van der Waals surface area contributed by atoms with Crippen molar-refractivity contribution in [1.82, 2.24) is 0 Å². The van der Waals surface area contributed by atoms with Gasteiger partial charge in [0.05, 0.1) is 7.11 Å². The lowest BCUT2D eigenvalue weighted by molar-refractivity contribution is 0.214. The second-order valence-electron chi connectivity index (χ2n) is 4.26. The smallest absolute Gasteiger partial charge is 0.130 e. The third-order valence-corrected chi connectivity index (χ3v) is 3.37. The highest BCUT2D eigenvalue weighted by Crippen LogP contribution is 2.33. The van der Waals surface area contributed by atoms with Crippen molar-refractivity contribution in [3.8, 4) is 5.75 Å². The van der Waals surface area contributed by atoms with Gasteiger partial charge in [0.25, 0.3) is 0 Å². The van der Waals surface area contributed by atoms with Crippen molar-refractivity contribution in [2.24, 2.45) is 0 Å². The molecule has 2 aromatic carbocycles. The van der Waals surface area contributed by atoms with Crippen molar-refractivity contribution in [3.05, 3.63) is 63.9 Å². The van der Waals surface area contributed by atoms with Crippen molar-refractivity contribution in [3.63, 3.8) is 0 Å². The Labute approximate surface area is 116 Å². The maximum atomic E-state index is 13.8. The molecule has 0 amide bonds. The van der Waals surface area contributed by atoms with Crippen molar-refractivity contribution in [1.29, 1.82) is 0 Å². The molecule has 0 aromatic heterocycles. The van der Waals surface area contributed by atoms with Gasteiger partial charge in [0.1, 0.15) is 17.7 Å². The van der Waals surface area contributed by atoms with Crippen molar-refractivity contribution in [2.45, 2.75) is 13.0 Å². The minimum Gasteiger partial charge on any atom is -0.497 e. The van der Waals surface area contributed by atoms with E-state index in [1.165, 1.54) is 12.1 Å². The standard InChI is InChI=1S/C15H14ClFO2/c1-9-8-10(19-2)6-7-11(9)15(18)14-12(16)4-3-5-13(14)17/h3-8,15,18H,1-2H3. The van der Waals surface area contributed by atoms with Crippen LogP contribution in [0, 0.1) is 12.7 Å². The van der Waals surface area contributed by atoms with Crippen LogP contribution in [0.1, 0.15) is 22.8 Å². The molecule has 0 saturated heterocycles. The zero-order valence-electron chi connectivity index (χ0n) is 10.7. The average molecular weight is 281 g/mol. The van der Waals surface area contributed by atoms with Gasteiger partial charge < -0.3 is 9.84 Å². The Morgan fingerprint density at radius 1 is 1.26 bits per heavy atom. The first kappa shape index (κ1) is 13.8. The normalized spacial score (nSPS) is 12.3. The van der Waals surface area contributed by atoms with E-state index >= 15 is 0 Å². The van der Waals surface area contributed by atoms with E-state index in [0.717, 1.165) is 5.56 Å². The average Bonchev–Trinajstić information content (AvgIpc) is 2.38. The van der Waals surface area contributed by atoms with Crippen LogP contribution in [0.25, 0.3) is 0 Å². The summed E-state index contributed by atoms with van der Waals surface area (Å²) in [6, 6.07) is 9.56. The van der Waals surface area contributed by atoms with E-state index in [1.807, 2.05) is 6.92 Å². The number of aryl methyl sites for hydroxylation is 1. The van der Waals surface area contributed by atoms with Crippen LogP contribution in [0.2, 0.25) is 5.02 Å². The first-order valence-electron chi connectivity index (χ1n) is 5.81. The number of benzene rings is 2. The van der Waals surface area contributed by atoms with Gasteiger partial charge in [0.2, 0.25) is 0 Å². The summed E-state index contributed by atoms with van der Waals surface area (Å²) in [5.41, 5.74) is 1.51. The number of hydrogen-bond acceptors (Lipinski definition) is 2. The summed E-state index contributed by atoms with van der Waals surface area (Å²) in [4.78, 5) is 0. The van der Waals surface area contributed by atoms with E-state index in [9.17, 15) is 9.50 Å². The molecular formula is C15H14ClFO2. The first-order valence-corrected chi connectivity index (χ1v) is 6.19. The lowest BCUT2D eigenvalue weighted by Gasteiger charge is -2.17. The molecule has 100 valence electrons. The second kappa shape index (κ2) is 5.59. The topological polar surface area (TPSA) is 29.5 Å². The van der Waals surface area contributed by atoms with Crippen LogP contribution in [0.15, 0.2) is 36.4 Å². The zero-order valence-corrected chi connectivity index (χ0v) is 11.4. The zero-order chi connectivity index (χ0) is 14.0. The van der Waals surface area contributed by atoms with Crippen LogP contribution in [0.4, 0.5) is 4.39 Å². The van der Waals surface area contributed by atoms with E-state index < -0.39 is 11.9 Å². The molecule has 2 nitrogen and oxygen atoms in total. The minimum atomic E-state index is -1.10. The molecule has 1 unspecified atom stereocenters. The van der Waals surface area contributed by atoms with Crippen LogP contribution < -0.4 is 4.74 Å². The highest BCUT2D eigenvalue weighted by atomic mass is 35.5. The summed E-state index contributed by atoms with van der Waals surface area (Å²) in [7, 11) is 1.57. The number of aliphatic hydroxyl groups excluding tert-OH is 1. The molecule has 0 heterocycles. The Hall–Kier alpha value is -1.58. The summed E-state index contributed by atoms with van der Waals surface area (Å²) >= 11 is 5.96. The lowest BCUT2D eigenvalue weighted by atomic mass is 9.97. The fourth-order valence-corrected chi connectivity index (χ4v) is 2.28. The van der Waals surface area contributed by atoms with Gasteiger partial charge in [-0.05, 0) is 42.3 Å². The molecule has 0 aliphatic heterocycles. The van der Waals surface area contributed by atoms with Gasteiger partial charge in [-0.3, -0.25) is 0 Å². The van der Waals surface area contributed by atoms with Crippen molar-refractivity contribution < 1.29 is 14.2 Å². The third-order valence-electron chi connectivity index (χ3n) is 3.04. The lowest BCUT2D eigenvalue weighted by Crippen LogP contribution is -2.05. The van der Waals surface area contributed by atoms with Crippen LogP contribution in [0.3, 0.4) is 0 Å². The maximum absolute atomic E-state index is 13.8. The van der Waals surface area contributed by atoms with Gasteiger partial charge in [0.15, 0.2) is 0 Å². The van der Waals surface area contributed by atoms with Crippen LogP contribution >= 0.6 is 11.6 Å². The van der Waals surface area contributed by atoms with E-state index in [2.05, 4.69) is 0 Å². The number of methoxy groups -OCH3 is 1. The summed E-state index contributed by atoms with van der Waals surface area (Å²) in [6.45, 7) is 1.83. The Kier molecular flexibility index (Phi) is 4.08. The second-order valence-corrected chi connectivity index (χ2v) is 4.67. The molecule has 0 aliphatic carbocycles. The quantitative estimate of drug-likeness (QED) is 0.924. The SMILES string of the molecule is COc1ccc(C(O)c2c(F)cccc2Cl)c(C)c1. The Morgan fingerprint density at radius 3 is 2.58 bits per heavy atom. The largest absolute Gasteiger partial charge is 0.497 e. The molecule has 1 atom stereocenters. The molecule has 0 bridgehead atoms. The molecule has 1 N–H and O–H groups in total. The fraction of sp³-hybridized carbons (Fsp3) is 0.200. The Morgan fingerprint density at radius 2 is 2.00 bits per heavy atom. The summed E-state index contributed by atoms with van der Waals surface area (Å²) in [5, 5.41) is 10.5. The molecule has 0 radical (unpaired) electrons. The van der Waals surface area contributed by atoms with E-state index in [0.29, 0.717) is 11.3 Å². The predicted molar refractivity (Wildman–Crippen MR) is 73.2 cm³/mol. The molecule has 0 aliphatic rings. The predicted octanol–water partition coefficient (Wildman–Crippen LogP) is 3.88. The summed E-state index contributed by atoms with van der Waals surface area (Å²) in [5.74, 6) is 0.170. The number of aliphatic hydroxyl groups is 1. The highest BCUT2D eigenvalue weighted by molar-refractivity contribution is 6.31.